The normalized spacial score (nSPS) is 12.5. The van der Waals surface area contributed by atoms with E-state index in [1.165, 1.54) is 6.92 Å². The zero-order valence-electron chi connectivity index (χ0n) is 8.07. The van der Waals surface area contributed by atoms with E-state index in [-0.39, 0.29) is 6.42 Å². The van der Waals surface area contributed by atoms with E-state index in [0.29, 0.717) is 12.5 Å². The molecule has 0 bridgehead atoms. The largest absolute Gasteiger partial charge is 0.375 e. The van der Waals surface area contributed by atoms with E-state index in [2.05, 4.69) is 0 Å². The van der Waals surface area contributed by atoms with E-state index in [4.69, 9.17) is 4.74 Å². The molecular weight excluding hydrogens is 162 g/mol. The molecule has 3 heteroatoms. The Morgan fingerprint density at radius 3 is 2.33 bits per heavy atom. The smallest absolute Gasteiger partial charge is 0.270 e. The SMILES string of the molecule is CCC(F)(F)COCCC(C)C. The van der Waals surface area contributed by atoms with Gasteiger partial charge in [0.2, 0.25) is 0 Å². The summed E-state index contributed by atoms with van der Waals surface area (Å²) in [5.74, 6) is -2.13. The van der Waals surface area contributed by atoms with Crippen molar-refractivity contribution < 1.29 is 13.5 Å². The molecule has 0 N–H and O–H groups in total. The summed E-state index contributed by atoms with van der Waals surface area (Å²) in [7, 11) is 0. The van der Waals surface area contributed by atoms with E-state index in [1.54, 1.807) is 0 Å². The average Bonchev–Trinajstić information content (AvgIpc) is 1.98. The topological polar surface area (TPSA) is 9.23 Å². The van der Waals surface area contributed by atoms with Crippen molar-refractivity contribution in [2.24, 2.45) is 5.92 Å². The van der Waals surface area contributed by atoms with Crippen molar-refractivity contribution in [1.82, 2.24) is 0 Å². The molecule has 0 saturated heterocycles. The Balaban J connectivity index is 3.31. The fourth-order valence-electron chi connectivity index (χ4n) is 0.643. The number of ether oxygens (including phenoxy) is 1. The molecule has 0 saturated carbocycles. The zero-order valence-corrected chi connectivity index (χ0v) is 8.07. The van der Waals surface area contributed by atoms with Crippen LogP contribution in [0, 0.1) is 5.92 Å². The minimum absolute atomic E-state index is 0.144. The van der Waals surface area contributed by atoms with Crippen LogP contribution in [0.25, 0.3) is 0 Å². The summed E-state index contributed by atoms with van der Waals surface area (Å²) in [6.45, 7) is 5.55. The second-order valence-corrected chi connectivity index (χ2v) is 3.44. The monoisotopic (exact) mass is 180 g/mol. The summed E-state index contributed by atoms with van der Waals surface area (Å²) in [4.78, 5) is 0. The van der Waals surface area contributed by atoms with Crippen LogP contribution in [0.2, 0.25) is 0 Å². The highest BCUT2D eigenvalue weighted by atomic mass is 19.3. The van der Waals surface area contributed by atoms with Crippen LogP contribution < -0.4 is 0 Å². The van der Waals surface area contributed by atoms with Gasteiger partial charge >= 0.3 is 0 Å². The summed E-state index contributed by atoms with van der Waals surface area (Å²) in [6.07, 6.45) is 0.703. The van der Waals surface area contributed by atoms with Gasteiger partial charge < -0.3 is 4.74 Å². The number of hydrogen-bond acceptors (Lipinski definition) is 1. The zero-order chi connectivity index (χ0) is 9.61. The second-order valence-electron chi connectivity index (χ2n) is 3.44. The fourth-order valence-corrected chi connectivity index (χ4v) is 0.643. The van der Waals surface area contributed by atoms with Gasteiger partial charge in [-0.1, -0.05) is 20.8 Å². The third-order valence-electron chi connectivity index (χ3n) is 1.67. The molecule has 0 fully saturated rings. The molecule has 0 aliphatic heterocycles. The Bertz CT molecular complexity index is 113. The van der Waals surface area contributed by atoms with Crippen molar-refractivity contribution in [3.05, 3.63) is 0 Å². The van der Waals surface area contributed by atoms with Gasteiger partial charge in [-0.05, 0) is 12.3 Å². The van der Waals surface area contributed by atoms with Crippen molar-refractivity contribution in [3.8, 4) is 0 Å². The molecule has 0 heterocycles. The molecule has 0 spiro atoms. The maximum Gasteiger partial charge on any atom is 0.270 e. The maximum atomic E-state index is 12.6. The van der Waals surface area contributed by atoms with Crippen molar-refractivity contribution in [1.29, 1.82) is 0 Å². The van der Waals surface area contributed by atoms with Gasteiger partial charge in [-0.2, -0.15) is 0 Å². The summed E-state index contributed by atoms with van der Waals surface area (Å²) < 4.78 is 30.0. The van der Waals surface area contributed by atoms with Crippen LogP contribution in [-0.2, 0) is 4.74 Å². The van der Waals surface area contributed by atoms with Crippen LogP contribution in [0.5, 0.6) is 0 Å². The highest BCUT2D eigenvalue weighted by molar-refractivity contribution is 4.61. The number of halogens is 2. The molecule has 12 heavy (non-hydrogen) atoms. The maximum absolute atomic E-state index is 12.6. The predicted molar refractivity (Wildman–Crippen MR) is 45.5 cm³/mol. The van der Waals surface area contributed by atoms with E-state index in [9.17, 15) is 8.78 Å². The number of alkyl halides is 2. The molecule has 0 radical (unpaired) electrons. The van der Waals surface area contributed by atoms with Crippen LogP contribution in [-0.4, -0.2) is 19.1 Å². The van der Waals surface area contributed by atoms with Gasteiger partial charge in [0.15, 0.2) is 0 Å². The molecule has 0 aromatic heterocycles. The molecule has 0 aliphatic carbocycles. The third kappa shape index (κ3) is 6.53. The Hall–Kier alpha value is -0.180. The number of hydrogen-bond donors (Lipinski definition) is 0. The number of rotatable bonds is 6. The minimum atomic E-state index is -2.64. The van der Waals surface area contributed by atoms with E-state index in [1.807, 2.05) is 13.8 Å². The predicted octanol–water partition coefficient (Wildman–Crippen LogP) is 3.09. The lowest BCUT2D eigenvalue weighted by molar-refractivity contribution is -0.0802. The summed E-state index contributed by atoms with van der Waals surface area (Å²) in [5, 5.41) is 0. The van der Waals surface area contributed by atoms with Crippen LogP contribution in [0.1, 0.15) is 33.6 Å². The van der Waals surface area contributed by atoms with Crippen LogP contribution >= 0.6 is 0 Å². The van der Waals surface area contributed by atoms with Crippen molar-refractivity contribution >= 4 is 0 Å². The van der Waals surface area contributed by atoms with Crippen LogP contribution in [0.15, 0.2) is 0 Å². The van der Waals surface area contributed by atoms with Gasteiger partial charge in [-0.25, -0.2) is 8.78 Å². The van der Waals surface area contributed by atoms with Gasteiger partial charge in [0.05, 0.1) is 0 Å². The first-order chi connectivity index (χ1) is 5.48. The fraction of sp³-hybridized carbons (Fsp3) is 1.00. The lowest BCUT2D eigenvalue weighted by atomic mass is 10.1. The molecule has 0 atom stereocenters. The lowest BCUT2D eigenvalue weighted by Crippen LogP contribution is -2.22. The molecule has 0 amide bonds. The van der Waals surface area contributed by atoms with Gasteiger partial charge in [0.25, 0.3) is 5.92 Å². The Morgan fingerprint density at radius 1 is 1.33 bits per heavy atom. The molecule has 0 aromatic carbocycles. The summed E-state index contributed by atoms with van der Waals surface area (Å²) >= 11 is 0. The van der Waals surface area contributed by atoms with Gasteiger partial charge in [0.1, 0.15) is 6.61 Å². The Labute approximate surface area is 73.1 Å². The molecule has 0 aromatic rings. The average molecular weight is 180 g/mol. The van der Waals surface area contributed by atoms with Gasteiger partial charge in [-0.15, -0.1) is 0 Å². The third-order valence-corrected chi connectivity index (χ3v) is 1.67. The van der Waals surface area contributed by atoms with Crippen molar-refractivity contribution in [2.75, 3.05) is 13.2 Å². The summed E-state index contributed by atoms with van der Waals surface area (Å²) in [6, 6.07) is 0. The molecule has 0 aliphatic rings. The summed E-state index contributed by atoms with van der Waals surface area (Å²) in [5.41, 5.74) is 0. The van der Waals surface area contributed by atoms with Gasteiger partial charge in [-0.3, -0.25) is 0 Å². The lowest BCUT2D eigenvalue weighted by Gasteiger charge is -2.14. The molecule has 1 nitrogen and oxygen atoms in total. The van der Waals surface area contributed by atoms with Crippen molar-refractivity contribution in [2.45, 2.75) is 39.5 Å². The standard InChI is InChI=1S/C9H18F2O/c1-4-9(10,11)7-12-6-5-8(2)3/h8H,4-7H2,1-3H3. The molecule has 0 rings (SSSR count). The van der Waals surface area contributed by atoms with Crippen molar-refractivity contribution in [3.63, 3.8) is 0 Å². The van der Waals surface area contributed by atoms with Crippen LogP contribution in [0.3, 0.4) is 0 Å². The second kappa shape index (κ2) is 5.46. The minimum Gasteiger partial charge on any atom is -0.375 e. The van der Waals surface area contributed by atoms with E-state index < -0.39 is 12.5 Å². The first kappa shape index (κ1) is 11.8. The van der Waals surface area contributed by atoms with Crippen LogP contribution in [0.4, 0.5) is 8.78 Å². The quantitative estimate of drug-likeness (QED) is 0.571. The molecular formula is C9H18F2O. The van der Waals surface area contributed by atoms with Gasteiger partial charge in [0, 0.05) is 13.0 Å². The molecule has 74 valence electrons. The highest BCUT2D eigenvalue weighted by Crippen LogP contribution is 2.17. The molecule has 0 unspecified atom stereocenters. The first-order valence-corrected chi connectivity index (χ1v) is 4.43. The highest BCUT2D eigenvalue weighted by Gasteiger charge is 2.25. The van der Waals surface area contributed by atoms with E-state index in [0.717, 1.165) is 6.42 Å². The Kier molecular flexibility index (Phi) is 5.38. The van der Waals surface area contributed by atoms with E-state index >= 15 is 0 Å². The Morgan fingerprint density at radius 2 is 1.92 bits per heavy atom. The first-order valence-electron chi connectivity index (χ1n) is 4.43.